The number of halogens is 2. The van der Waals surface area contributed by atoms with E-state index in [9.17, 15) is 9.18 Å². The van der Waals surface area contributed by atoms with E-state index < -0.39 is 17.8 Å². The summed E-state index contributed by atoms with van der Waals surface area (Å²) >= 11 is 6.07. The Hall–Kier alpha value is -2.93. The molecule has 1 aliphatic rings. The normalized spacial score (nSPS) is 14.5. The molecule has 1 aromatic heterocycles. The van der Waals surface area contributed by atoms with Crippen molar-refractivity contribution in [3.05, 3.63) is 59.1 Å². The molecule has 3 aromatic rings. The number of ether oxygens (including phenoxy) is 1. The first-order chi connectivity index (χ1) is 14.5. The Morgan fingerprint density at radius 2 is 2.03 bits per heavy atom. The predicted octanol–water partition coefficient (Wildman–Crippen LogP) is 4.87. The molecule has 0 fully saturated rings. The Morgan fingerprint density at radius 3 is 2.87 bits per heavy atom. The van der Waals surface area contributed by atoms with E-state index in [1.54, 1.807) is 43.3 Å². The van der Waals surface area contributed by atoms with Crippen LogP contribution < -0.4 is 10.1 Å². The van der Waals surface area contributed by atoms with Gasteiger partial charge in [-0.2, -0.15) is 0 Å². The molecule has 0 saturated carbocycles. The van der Waals surface area contributed by atoms with Crippen LogP contribution in [-0.4, -0.2) is 26.8 Å². The van der Waals surface area contributed by atoms with E-state index in [1.165, 1.54) is 6.07 Å². The van der Waals surface area contributed by atoms with Gasteiger partial charge in [-0.25, -0.2) is 4.39 Å². The van der Waals surface area contributed by atoms with Crippen molar-refractivity contribution in [2.75, 3.05) is 5.32 Å². The number of amides is 1. The van der Waals surface area contributed by atoms with Crippen molar-refractivity contribution in [2.45, 2.75) is 45.3 Å². The minimum atomic E-state index is -0.864. The van der Waals surface area contributed by atoms with Gasteiger partial charge in [0.15, 0.2) is 11.9 Å². The molecule has 8 heteroatoms. The number of benzene rings is 2. The molecule has 1 atom stereocenters. The van der Waals surface area contributed by atoms with Gasteiger partial charge in [-0.15, -0.1) is 10.2 Å². The Morgan fingerprint density at radius 1 is 1.20 bits per heavy atom. The lowest BCUT2D eigenvalue weighted by atomic mass is 10.1. The Kier molecular flexibility index (Phi) is 5.99. The fourth-order valence-corrected chi connectivity index (χ4v) is 3.66. The molecule has 6 nitrogen and oxygen atoms in total. The van der Waals surface area contributed by atoms with Crippen molar-refractivity contribution in [3.8, 4) is 17.1 Å². The number of hydrogen-bond donors (Lipinski definition) is 1. The molecule has 0 aliphatic carbocycles. The van der Waals surface area contributed by atoms with Crippen molar-refractivity contribution in [2.24, 2.45) is 0 Å². The van der Waals surface area contributed by atoms with E-state index in [0.717, 1.165) is 38.1 Å². The summed E-state index contributed by atoms with van der Waals surface area (Å²) in [6, 6.07) is 11.4. The zero-order valence-corrected chi connectivity index (χ0v) is 17.3. The van der Waals surface area contributed by atoms with E-state index in [2.05, 4.69) is 20.1 Å². The molecule has 0 bridgehead atoms. The maximum Gasteiger partial charge on any atom is 0.265 e. The van der Waals surface area contributed by atoms with Gasteiger partial charge in [0, 0.05) is 18.5 Å². The molecule has 4 rings (SSSR count). The molecule has 1 aliphatic heterocycles. The SMILES string of the molecule is CC(Oc1ccccc1Cl)C(=O)Nc1cc(-c2nnc3n2CCCCC3)ccc1F. The van der Waals surface area contributed by atoms with Crippen molar-refractivity contribution in [3.63, 3.8) is 0 Å². The first-order valence-electron chi connectivity index (χ1n) is 9.97. The molecule has 0 radical (unpaired) electrons. The van der Waals surface area contributed by atoms with Crippen molar-refractivity contribution >= 4 is 23.2 Å². The molecule has 1 N–H and O–H groups in total. The van der Waals surface area contributed by atoms with E-state index >= 15 is 0 Å². The van der Waals surface area contributed by atoms with E-state index in [1.807, 2.05) is 0 Å². The van der Waals surface area contributed by atoms with E-state index in [-0.39, 0.29) is 5.69 Å². The quantitative estimate of drug-likeness (QED) is 0.629. The van der Waals surface area contributed by atoms with Gasteiger partial charge in [0.2, 0.25) is 0 Å². The minimum absolute atomic E-state index is 0.0677. The number of carbonyl (C=O) groups is 1. The largest absolute Gasteiger partial charge is 0.479 e. The Balaban J connectivity index is 1.53. The van der Waals surface area contributed by atoms with Gasteiger partial charge in [0.05, 0.1) is 10.7 Å². The van der Waals surface area contributed by atoms with Gasteiger partial charge >= 0.3 is 0 Å². The van der Waals surface area contributed by atoms with Crippen LogP contribution in [-0.2, 0) is 17.8 Å². The van der Waals surface area contributed by atoms with E-state index in [4.69, 9.17) is 16.3 Å². The number of anilines is 1. The van der Waals surface area contributed by atoms with Crippen LogP contribution in [0.2, 0.25) is 5.02 Å². The van der Waals surface area contributed by atoms with Gasteiger partial charge in [-0.05, 0) is 50.1 Å². The third kappa shape index (κ3) is 4.31. The number of fused-ring (bicyclic) bond motifs is 1. The average Bonchev–Trinajstić information content (AvgIpc) is 2.99. The van der Waals surface area contributed by atoms with Gasteiger partial charge in [-0.1, -0.05) is 30.2 Å². The molecular weight excluding hydrogens is 407 g/mol. The van der Waals surface area contributed by atoms with Crippen LogP contribution in [0.4, 0.5) is 10.1 Å². The number of aromatic nitrogens is 3. The van der Waals surface area contributed by atoms with Crippen molar-refractivity contribution in [1.29, 1.82) is 0 Å². The van der Waals surface area contributed by atoms with Gasteiger partial charge in [-0.3, -0.25) is 4.79 Å². The molecule has 2 heterocycles. The number of carbonyl (C=O) groups excluding carboxylic acids is 1. The summed E-state index contributed by atoms with van der Waals surface area (Å²) in [5.41, 5.74) is 0.769. The highest BCUT2D eigenvalue weighted by molar-refractivity contribution is 6.32. The van der Waals surface area contributed by atoms with Crippen LogP contribution >= 0.6 is 11.6 Å². The number of hydrogen-bond acceptors (Lipinski definition) is 4. The van der Waals surface area contributed by atoms with Crippen LogP contribution in [0, 0.1) is 5.82 Å². The average molecular weight is 429 g/mol. The molecule has 0 saturated heterocycles. The lowest BCUT2D eigenvalue weighted by molar-refractivity contribution is -0.122. The van der Waals surface area contributed by atoms with Crippen molar-refractivity contribution < 1.29 is 13.9 Å². The summed E-state index contributed by atoms with van der Waals surface area (Å²) in [4.78, 5) is 12.6. The summed E-state index contributed by atoms with van der Waals surface area (Å²) < 4.78 is 22.1. The first-order valence-corrected chi connectivity index (χ1v) is 10.3. The Labute approximate surface area is 179 Å². The fraction of sp³-hybridized carbons (Fsp3) is 0.318. The number of rotatable bonds is 5. The first kappa shape index (κ1) is 20.3. The highest BCUT2D eigenvalue weighted by Crippen LogP contribution is 2.28. The summed E-state index contributed by atoms with van der Waals surface area (Å²) in [6.07, 6.45) is 3.31. The molecule has 30 heavy (non-hydrogen) atoms. The number of aryl methyl sites for hydroxylation is 1. The maximum atomic E-state index is 14.4. The zero-order valence-electron chi connectivity index (χ0n) is 16.6. The second kappa shape index (κ2) is 8.83. The highest BCUT2D eigenvalue weighted by Gasteiger charge is 2.20. The van der Waals surface area contributed by atoms with Gasteiger partial charge < -0.3 is 14.6 Å². The third-order valence-corrected chi connectivity index (χ3v) is 5.41. The maximum absolute atomic E-state index is 14.4. The molecule has 2 aromatic carbocycles. The summed E-state index contributed by atoms with van der Waals surface area (Å²) in [6.45, 7) is 2.41. The summed E-state index contributed by atoms with van der Waals surface area (Å²) in [5, 5.41) is 11.6. The van der Waals surface area contributed by atoms with Crippen LogP contribution in [0.1, 0.15) is 32.0 Å². The van der Waals surface area contributed by atoms with Crippen LogP contribution in [0.3, 0.4) is 0 Å². The highest BCUT2D eigenvalue weighted by atomic mass is 35.5. The lowest BCUT2D eigenvalue weighted by Crippen LogP contribution is -2.30. The standard InChI is InChI=1S/C22H22ClFN4O2/c1-14(30-19-8-5-4-7-16(19)23)22(29)25-18-13-15(10-11-17(18)24)21-27-26-20-9-3-2-6-12-28(20)21/h4-5,7-8,10-11,13-14H,2-3,6,9,12H2,1H3,(H,25,29). The number of nitrogens with zero attached hydrogens (tertiary/aromatic N) is 3. The molecule has 1 unspecified atom stereocenters. The summed E-state index contributed by atoms with van der Waals surface area (Å²) in [5.74, 6) is 1.00. The van der Waals surface area contributed by atoms with Gasteiger partial charge in [0.25, 0.3) is 5.91 Å². The second-order valence-electron chi connectivity index (χ2n) is 7.28. The fourth-order valence-electron chi connectivity index (χ4n) is 3.48. The van der Waals surface area contributed by atoms with Crippen LogP contribution in [0.25, 0.3) is 11.4 Å². The predicted molar refractivity (Wildman–Crippen MR) is 113 cm³/mol. The topological polar surface area (TPSA) is 69.0 Å². The number of nitrogens with one attached hydrogen (secondary N) is 1. The van der Waals surface area contributed by atoms with Crippen molar-refractivity contribution in [1.82, 2.24) is 14.8 Å². The van der Waals surface area contributed by atoms with Gasteiger partial charge in [0.1, 0.15) is 17.4 Å². The monoisotopic (exact) mass is 428 g/mol. The lowest BCUT2D eigenvalue weighted by Gasteiger charge is -2.16. The van der Waals surface area contributed by atoms with Crippen LogP contribution in [0.15, 0.2) is 42.5 Å². The zero-order chi connectivity index (χ0) is 21.1. The molecule has 156 valence electrons. The molecular formula is C22H22ClFN4O2. The second-order valence-corrected chi connectivity index (χ2v) is 7.68. The smallest absolute Gasteiger partial charge is 0.265 e. The Bertz CT molecular complexity index is 1070. The molecule has 0 spiro atoms. The van der Waals surface area contributed by atoms with Crippen LogP contribution in [0.5, 0.6) is 5.75 Å². The number of para-hydroxylation sites is 1. The minimum Gasteiger partial charge on any atom is -0.479 e. The third-order valence-electron chi connectivity index (χ3n) is 5.10. The summed E-state index contributed by atoms with van der Waals surface area (Å²) in [7, 11) is 0. The van der Waals surface area contributed by atoms with E-state index in [0.29, 0.717) is 22.2 Å². The molecule has 1 amide bonds.